The topological polar surface area (TPSA) is 55.4 Å². The number of carbonyl (C=O) groups excluding carboxylic acids is 2. The molecule has 0 aliphatic carbocycles. The number of rotatable bonds is 5. The van der Waals surface area contributed by atoms with Crippen molar-refractivity contribution in [3.05, 3.63) is 98.1 Å². The third kappa shape index (κ3) is 5.98. The van der Waals surface area contributed by atoms with Gasteiger partial charge >= 0.3 is 12.1 Å². The van der Waals surface area contributed by atoms with Crippen molar-refractivity contribution in [1.29, 1.82) is 0 Å². The van der Waals surface area contributed by atoms with E-state index in [1.807, 2.05) is 0 Å². The van der Waals surface area contributed by atoms with E-state index in [1.54, 1.807) is 30.3 Å². The van der Waals surface area contributed by atoms with Gasteiger partial charge in [0, 0.05) is 14.2 Å². The van der Waals surface area contributed by atoms with Crippen molar-refractivity contribution in [1.82, 2.24) is 0 Å². The molecule has 0 saturated heterocycles. The molecule has 31 heavy (non-hydrogen) atoms. The average Bonchev–Trinajstić information content (AvgIpc) is 2.73. The fourth-order valence-electron chi connectivity index (χ4n) is 2.72. The van der Waals surface area contributed by atoms with Gasteiger partial charge in [0.15, 0.2) is 0 Å². The first-order chi connectivity index (χ1) is 14.6. The number of ether oxygens (including phenoxy) is 1. The van der Waals surface area contributed by atoms with Crippen LogP contribution in [0.25, 0.3) is 0 Å². The highest BCUT2D eigenvalue weighted by Crippen LogP contribution is 2.37. The highest BCUT2D eigenvalue weighted by Gasteiger charge is 2.35. The van der Waals surface area contributed by atoms with Crippen molar-refractivity contribution in [3.63, 3.8) is 0 Å². The van der Waals surface area contributed by atoms with Crippen LogP contribution in [0.15, 0.2) is 72.8 Å². The first kappa shape index (κ1) is 23.1. The molecular formula is C22H14ClF3INO3. The zero-order valence-electron chi connectivity index (χ0n) is 15.6. The van der Waals surface area contributed by atoms with Crippen molar-refractivity contribution in [2.45, 2.75) is 12.3 Å². The van der Waals surface area contributed by atoms with Gasteiger partial charge in [0.25, 0.3) is 5.91 Å². The fourth-order valence-corrected chi connectivity index (χ4v) is 3.25. The molecule has 160 valence electrons. The van der Waals surface area contributed by atoms with Crippen LogP contribution >= 0.6 is 34.2 Å². The van der Waals surface area contributed by atoms with Gasteiger partial charge in [-0.25, -0.2) is 4.79 Å². The van der Waals surface area contributed by atoms with Gasteiger partial charge in [-0.1, -0.05) is 41.9 Å². The summed E-state index contributed by atoms with van der Waals surface area (Å²) in [6, 6.07) is 17.5. The zero-order chi connectivity index (χ0) is 22.6. The summed E-state index contributed by atoms with van der Waals surface area (Å²) in [5.74, 6) is -1.72. The number of hydrogen-bond donors (Lipinski definition) is 1. The van der Waals surface area contributed by atoms with Crippen LogP contribution < -0.4 is 5.32 Å². The Morgan fingerprint density at radius 3 is 2.23 bits per heavy atom. The lowest BCUT2D eigenvalue weighted by molar-refractivity contribution is -0.137. The minimum atomic E-state index is -4.74. The minimum Gasteiger partial charge on any atom is -0.444 e. The molecular weight excluding hydrogens is 546 g/mol. The molecule has 4 nitrogen and oxygen atoms in total. The van der Waals surface area contributed by atoms with E-state index in [2.05, 4.69) is 27.9 Å². The first-order valence-electron chi connectivity index (χ1n) is 8.84. The molecule has 0 bridgehead atoms. The van der Waals surface area contributed by atoms with E-state index in [-0.39, 0.29) is 10.6 Å². The summed E-state index contributed by atoms with van der Waals surface area (Å²) in [4.78, 5) is 25.5. The van der Waals surface area contributed by atoms with Crippen LogP contribution in [0, 0.1) is 3.57 Å². The third-order valence-corrected chi connectivity index (χ3v) is 5.14. The monoisotopic (exact) mass is 559 g/mol. The number of halogens is 5. The van der Waals surface area contributed by atoms with Crippen molar-refractivity contribution >= 4 is 51.8 Å². The molecule has 3 aromatic rings. The van der Waals surface area contributed by atoms with Crippen molar-refractivity contribution in [3.8, 4) is 0 Å². The van der Waals surface area contributed by atoms with Gasteiger partial charge in [0.1, 0.15) is 0 Å². The number of alkyl halides is 3. The molecule has 0 aliphatic rings. The number of hydrogen-bond acceptors (Lipinski definition) is 3. The molecule has 9 heteroatoms. The highest BCUT2D eigenvalue weighted by atomic mass is 127. The fraction of sp³-hybridized carbons (Fsp3) is 0.0909. The Balaban J connectivity index is 1.91. The molecule has 3 aromatic carbocycles. The molecule has 1 N–H and O–H groups in total. The molecule has 1 amide bonds. The van der Waals surface area contributed by atoms with Crippen LogP contribution in [0.1, 0.15) is 27.6 Å². The number of anilines is 1. The summed E-state index contributed by atoms with van der Waals surface area (Å²) < 4.78 is 46.4. The van der Waals surface area contributed by atoms with E-state index < -0.39 is 35.4 Å². The van der Waals surface area contributed by atoms with Gasteiger partial charge in [-0.15, -0.1) is 0 Å². The molecule has 3 rings (SSSR count). The first-order valence-corrected chi connectivity index (χ1v) is 10.3. The second-order valence-electron chi connectivity index (χ2n) is 6.38. The van der Waals surface area contributed by atoms with Gasteiger partial charge in [0.2, 0.25) is 6.10 Å². The van der Waals surface area contributed by atoms with Gasteiger partial charge in [-0.05, 0) is 65.1 Å². The largest absolute Gasteiger partial charge is 0.444 e. The van der Waals surface area contributed by atoms with E-state index in [9.17, 15) is 22.8 Å². The van der Waals surface area contributed by atoms with Crippen molar-refractivity contribution in [2.24, 2.45) is 0 Å². The molecule has 0 aliphatic heterocycles. The molecule has 0 radical (unpaired) electrons. The van der Waals surface area contributed by atoms with Crippen LogP contribution in [0.3, 0.4) is 0 Å². The lowest BCUT2D eigenvalue weighted by Gasteiger charge is -2.20. The van der Waals surface area contributed by atoms with E-state index in [1.165, 1.54) is 30.3 Å². The predicted octanol–water partition coefficient (Wildman–Crippen LogP) is 6.50. The quantitative estimate of drug-likeness (QED) is 0.287. The van der Waals surface area contributed by atoms with Crippen molar-refractivity contribution in [2.75, 3.05) is 5.32 Å². The summed E-state index contributed by atoms with van der Waals surface area (Å²) >= 11 is 7.75. The number of amides is 1. The maximum Gasteiger partial charge on any atom is 0.418 e. The normalized spacial score (nSPS) is 12.2. The molecule has 0 spiro atoms. The highest BCUT2D eigenvalue weighted by molar-refractivity contribution is 14.1. The Hall–Kier alpha value is -2.59. The number of esters is 1. The number of nitrogens with one attached hydrogen (secondary N) is 1. The number of carbonyl (C=O) groups is 2. The molecule has 1 atom stereocenters. The molecule has 0 saturated carbocycles. The molecule has 0 fully saturated rings. The van der Waals surface area contributed by atoms with Crippen molar-refractivity contribution < 1.29 is 27.5 Å². The van der Waals surface area contributed by atoms with Gasteiger partial charge in [0.05, 0.1) is 16.8 Å². The summed E-state index contributed by atoms with van der Waals surface area (Å²) in [5, 5.41) is 2.08. The smallest absolute Gasteiger partial charge is 0.418 e. The Bertz CT molecular complexity index is 1090. The van der Waals surface area contributed by atoms with Gasteiger partial charge < -0.3 is 10.1 Å². The molecule has 0 heterocycles. The van der Waals surface area contributed by atoms with Crippen LogP contribution in [0.5, 0.6) is 0 Å². The van der Waals surface area contributed by atoms with Gasteiger partial charge in [-0.3, -0.25) is 4.79 Å². The second kappa shape index (κ2) is 9.69. The molecule has 0 unspecified atom stereocenters. The summed E-state index contributed by atoms with van der Waals surface area (Å²) in [5.41, 5.74) is -1.09. The maximum atomic E-state index is 13.4. The lowest BCUT2D eigenvalue weighted by Crippen LogP contribution is -2.27. The standard InChI is InChI=1S/C22H14ClF3INO3/c23-15-8-11-18(17(12-15)22(24,25)26)28-20(29)19(13-4-2-1-3-5-13)31-21(30)14-6-9-16(27)10-7-14/h1-12,19H,(H,28,29)/t19-/m1/s1. The van der Waals surface area contributed by atoms with Crippen LogP contribution in [0.4, 0.5) is 18.9 Å². The minimum absolute atomic E-state index is 0.130. The SMILES string of the molecule is O=C(O[C@@H](C(=O)Nc1ccc(Cl)cc1C(F)(F)F)c1ccccc1)c1ccc(I)cc1. The predicted molar refractivity (Wildman–Crippen MR) is 119 cm³/mol. The Morgan fingerprint density at radius 1 is 0.968 bits per heavy atom. The third-order valence-electron chi connectivity index (χ3n) is 4.19. The maximum absolute atomic E-state index is 13.4. The second-order valence-corrected chi connectivity index (χ2v) is 8.06. The summed E-state index contributed by atoms with van der Waals surface area (Å²) in [6.45, 7) is 0. The Labute approximate surface area is 194 Å². The molecule has 0 aromatic heterocycles. The van der Waals surface area contributed by atoms with E-state index in [0.717, 1.165) is 9.64 Å². The Morgan fingerprint density at radius 2 is 1.61 bits per heavy atom. The van der Waals surface area contributed by atoms with E-state index >= 15 is 0 Å². The van der Waals surface area contributed by atoms with Crippen LogP contribution in [-0.4, -0.2) is 11.9 Å². The zero-order valence-corrected chi connectivity index (χ0v) is 18.5. The van der Waals surface area contributed by atoms with Crippen LogP contribution in [-0.2, 0) is 15.7 Å². The lowest BCUT2D eigenvalue weighted by atomic mass is 10.1. The van der Waals surface area contributed by atoms with E-state index in [4.69, 9.17) is 16.3 Å². The number of benzene rings is 3. The van der Waals surface area contributed by atoms with Gasteiger partial charge in [-0.2, -0.15) is 13.2 Å². The summed E-state index contributed by atoms with van der Waals surface area (Å²) in [7, 11) is 0. The average molecular weight is 560 g/mol. The van der Waals surface area contributed by atoms with Crippen LogP contribution in [0.2, 0.25) is 5.02 Å². The Kier molecular flexibility index (Phi) is 7.22. The summed E-state index contributed by atoms with van der Waals surface area (Å²) in [6.07, 6.45) is -6.21. The van der Waals surface area contributed by atoms with E-state index in [0.29, 0.717) is 11.6 Å².